The van der Waals surface area contributed by atoms with Gasteiger partial charge in [0.05, 0.1) is 13.2 Å². The van der Waals surface area contributed by atoms with E-state index >= 15 is 0 Å². The molecule has 2 aliphatic rings. The first kappa shape index (κ1) is 26.0. The SMILES string of the molecule is CCNC(=NCCCOCC1CCOC1)NC1CC1c1ccccc1OC(F)(F)F.I. The first-order chi connectivity index (χ1) is 14.5. The number of para-hydroxylation sites is 1. The fourth-order valence-electron chi connectivity index (χ4n) is 3.52. The van der Waals surface area contributed by atoms with Crippen molar-refractivity contribution in [1.82, 2.24) is 10.6 Å². The third-order valence-electron chi connectivity index (χ3n) is 5.10. The maximum absolute atomic E-state index is 12.6. The van der Waals surface area contributed by atoms with Gasteiger partial charge in [0.1, 0.15) is 5.75 Å². The number of hydrogen-bond donors (Lipinski definition) is 2. The van der Waals surface area contributed by atoms with Crippen LogP contribution in [0.4, 0.5) is 13.2 Å². The molecule has 3 rings (SSSR count). The van der Waals surface area contributed by atoms with Crippen molar-refractivity contribution in [3.05, 3.63) is 29.8 Å². The summed E-state index contributed by atoms with van der Waals surface area (Å²) in [5, 5.41) is 6.50. The summed E-state index contributed by atoms with van der Waals surface area (Å²) in [6, 6.07) is 6.34. The third kappa shape index (κ3) is 9.01. The Morgan fingerprint density at radius 2 is 2.10 bits per heavy atom. The molecule has 1 saturated carbocycles. The number of guanidine groups is 1. The Bertz CT molecular complexity index is 700. The topological polar surface area (TPSA) is 64.1 Å². The van der Waals surface area contributed by atoms with Gasteiger partial charge < -0.3 is 24.8 Å². The average Bonchev–Trinajstić information content (AvgIpc) is 3.24. The highest BCUT2D eigenvalue weighted by Gasteiger charge is 2.42. The first-order valence-electron chi connectivity index (χ1n) is 10.5. The summed E-state index contributed by atoms with van der Waals surface area (Å²) in [7, 11) is 0. The number of hydrogen-bond acceptors (Lipinski definition) is 4. The lowest BCUT2D eigenvalue weighted by Crippen LogP contribution is -2.39. The van der Waals surface area contributed by atoms with E-state index in [9.17, 15) is 13.2 Å². The standard InChI is InChI=1S/C21H30F3N3O3.HI/c1-2-25-20(26-9-5-10-28-13-15-8-11-29-14-15)27-18-12-17(18)16-6-3-4-7-19(16)30-21(22,23)24;/h3-4,6-7,15,17-18H,2,5,8-14H2,1H3,(H2,25,26,27);1H. The lowest BCUT2D eigenvalue weighted by molar-refractivity contribution is -0.274. The minimum atomic E-state index is -4.70. The second-order valence-corrected chi connectivity index (χ2v) is 7.60. The molecule has 2 N–H and O–H groups in total. The largest absolute Gasteiger partial charge is 0.573 e. The van der Waals surface area contributed by atoms with Gasteiger partial charge in [-0.25, -0.2) is 0 Å². The van der Waals surface area contributed by atoms with Gasteiger partial charge in [-0.15, -0.1) is 37.1 Å². The normalized spacial score (nSPS) is 23.2. The highest BCUT2D eigenvalue weighted by atomic mass is 127. The van der Waals surface area contributed by atoms with Crippen LogP contribution in [0.5, 0.6) is 5.75 Å². The van der Waals surface area contributed by atoms with Gasteiger partial charge in [0.15, 0.2) is 5.96 Å². The lowest BCUT2D eigenvalue weighted by atomic mass is 10.1. The molecule has 3 unspecified atom stereocenters. The molecule has 0 spiro atoms. The number of halogens is 4. The lowest BCUT2D eigenvalue weighted by Gasteiger charge is -2.14. The molecule has 1 heterocycles. The van der Waals surface area contributed by atoms with Crippen molar-refractivity contribution in [2.75, 3.05) is 39.5 Å². The Hall–Kier alpha value is -1.27. The van der Waals surface area contributed by atoms with E-state index < -0.39 is 6.36 Å². The zero-order valence-electron chi connectivity index (χ0n) is 17.6. The van der Waals surface area contributed by atoms with Crippen molar-refractivity contribution in [2.24, 2.45) is 10.9 Å². The van der Waals surface area contributed by atoms with Crippen LogP contribution in [0.3, 0.4) is 0 Å². The van der Waals surface area contributed by atoms with Crippen LogP contribution in [0.1, 0.15) is 37.7 Å². The Morgan fingerprint density at radius 1 is 1.29 bits per heavy atom. The maximum Gasteiger partial charge on any atom is 0.573 e. The number of aliphatic imine (C=N–C) groups is 1. The van der Waals surface area contributed by atoms with Gasteiger partial charge in [-0.3, -0.25) is 4.99 Å². The molecule has 31 heavy (non-hydrogen) atoms. The van der Waals surface area contributed by atoms with Crippen LogP contribution in [0.2, 0.25) is 0 Å². The summed E-state index contributed by atoms with van der Waals surface area (Å²) in [5.41, 5.74) is 0.562. The number of nitrogens with one attached hydrogen (secondary N) is 2. The molecule has 1 aromatic carbocycles. The molecule has 3 atom stereocenters. The molecule has 1 aliphatic carbocycles. The predicted octanol–water partition coefficient (Wildman–Crippen LogP) is 4.06. The molecule has 0 bridgehead atoms. The quantitative estimate of drug-likeness (QED) is 0.197. The number of nitrogens with zero attached hydrogens (tertiary/aromatic N) is 1. The Balaban J connectivity index is 0.00000341. The molecule has 1 aliphatic heterocycles. The summed E-state index contributed by atoms with van der Waals surface area (Å²) < 4.78 is 53.1. The summed E-state index contributed by atoms with van der Waals surface area (Å²) in [4.78, 5) is 4.55. The maximum atomic E-state index is 12.6. The van der Waals surface area contributed by atoms with Crippen LogP contribution in [-0.2, 0) is 9.47 Å². The van der Waals surface area contributed by atoms with Gasteiger partial charge in [0.2, 0.25) is 0 Å². The van der Waals surface area contributed by atoms with E-state index in [0.29, 0.717) is 37.1 Å². The van der Waals surface area contributed by atoms with Crippen molar-refractivity contribution >= 4 is 29.9 Å². The van der Waals surface area contributed by atoms with E-state index in [2.05, 4.69) is 20.4 Å². The van der Waals surface area contributed by atoms with Gasteiger partial charge in [-0.05, 0) is 37.8 Å². The molecule has 0 amide bonds. The fourth-order valence-corrected chi connectivity index (χ4v) is 3.52. The van der Waals surface area contributed by atoms with E-state index in [1.54, 1.807) is 18.2 Å². The number of rotatable bonds is 10. The summed E-state index contributed by atoms with van der Waals surface area (Å²) in [5.74, 6) is 1.00. The molecule has 6 nitrogen and oxygen atoms in total. The monoisotopic (exact) mass is 557 g/mol. The average molecular weight is 557 g/mol. The van der Waals surface area contributed by atoms with Crippen molar-refractivity contribution < 1.29 is 27.4 Å². The summed E-state index contributed by atoms with van der Waals surface area (Å²) in [6.07, 6.45) is -2.10. The Labute approximate surface area is 198 Å². The molecule has 0 radical (unpaired) electrons. The van der Waals surface area contributed by atoms with E-state index in [-0.39, 0.29) is 41.7 Å². The first-order valence-corrected chi connectivity index (χ1v) is 10.5. The van der Waals surface area contributed by atoms with Gasteiger partial charge in [-0.1, -0.05) is 18.2 Å². The van der Waals surface area contributed by atoms with Crippen LogP contribution in [-0.4, -0.2) is 57.9 Å². The van der Waals surface area contributed by atoms with Gasteiger partial charge in [0.25, 0.3) is 0 Å². The van der Waals surface area contributed by atoms with E-state index in [4.69, 9.17) is 9.47 Å². The molecular formula is C21H31F3IN3O3. The molecule has 0 aromatic heterocycles. The second kappa shape index (κ2) is 12.7. The molecule has 1 aromatic rings. The summed E-state index contributed by atoms with van der Waals surface area (Å²) >= 11 is 0. The third-order valence-corrected chi connectivity index (χ3v) is 5.10. The fraction of sp³-hybridized carbons (Fsp3) is 0.667. The second-order valence-electron chi connectivity index (χ2n) is 7.60. The van der Waals surface area contributed by atoms with Crippen LogP contribution < -0.4 is 15.4 Å². The van der Waals surface area contributed by atoms with Crippen molar-refractivity contribution in [2.45, 2.75) is 44.5 Å². The molecule has 176 valence electrons. The van der Waals surface area contributed by atoms with E-state index in [1.165, 1.54) is 6.07 Å². The van der Waals surface area contributed by atoms with Gasteiger partial charge in [0, 0.05) is 44.2 Å². The van der Waals surface area contributed by atoms with Crippen molar-refractivity contribution in [3.63, 3.8) is 0 Å². The Kier molecular flexibility index (Phi) is 10.6. The molecular weight excluding hydrogens is 526 g/mol. The molecule has 1 saturated heterocycles. The Morgan fingerprint density at radius 3 is 2.81 bits per heavy atom. The summed E-state index contributed by atoms with van der Waals surface area (Å²) in [6.45, 7) is 6.27. The van der Waals surface area contributed by atoms with Crippen LogP contribution >= 0.6 is 24.0 Å². The van der Waals surface area contributed by atoms with E-state index in [1.807, 2.05) is 6.92 Å². The number of benzene rings is 1. The van der Waals surface area contributed by atoms with Gasteiger partial charge in [-0.2, -0.15) is 0 Å². The number of alkyl halides is 3. The van der Waals surface area contributed by atoms with Gasteiger partial charge >= 0.3 is 6.36 Å². The van der Waals surface area contributed by atoms with E-state index in [0.717, 1.165) is 39.1 Å². The highest BCUT2D eigenvalue weighted by Crippen LogP contribution is 2.45. The van der Waals surface area contributed by atoms with Crippen molar-refractivity contribution in [3.8, 4) is 5.75 Å². The highest BCUT2D eigenvalue weighted by molar-refractivity contribution is 14.0. The zero-order chi connectivity index (χ0) is 21.4. The van der Waals surface area contributed by atoms with Crippen LogP contribution in [0, 0.1) is 5.92 Å². The smallest absolute Gasteiger partial charge is 0.405 e. The minimum Gasteiger partial charge on any atom is -0.405 e. The van der Waals surface area contributed by atoms with Crippen LogP contribution in [0.25, 0.3) is 0 Å². The van der Waals surface area contributed by atoms with Crippen molar-refractivity contribution in [1.29, 1.82) is 0 Å². The van der Waals surface area contributed by atoms with Crippen LogP contribution in [0.15, 0.2) is 29.3 Å². The number of ether oxygens (including phenoxy) is 3. The predicted molar refractivity (Wildman–Crippen MR) is 123 cm³/mol. The zero-order valence-corrected chi connectivity index (χ0v) is 19.9. The molecule has 10 heteroatoms. The molecule has 2 fully saturated rings. The minimum absolute atomic E-state index is 0.